The Morgan fingerprint density at radius 2 is 1.81 bits per heavy atom. The maximum Gasteiger partial charge on any atom is 0.216 e. The van der Waals surface area contributed by atoms with Crippen LogP contribution in [0.1, 0.15) is 5.56 Å². The molecule has 1 aromatic heterocycles. The van der Waals surface area contributed by atoms with Crippen molar-refractivity contribution in [1.82, 2.24) is 9.47 Å². The zero-order valence-corrected chi connectivity index (χ0v) is 17.9. The minimum atomic E-state index is -3.94. The Labute approximate surface area is 181 Å². The van der Waals surface area contributed by atoms with Gasteiger partial charge in [-0.25, -0.2) is 8.42 Å². The highest BCUT2D eigenvalue weighted by atomic mass is 32.2. The Hall–Kier alpha value is -3.12. The number of rotatable bonds is 6. The number of hydrogen-bond acceptors (Lipinski definition) is 6. The number of nitriles is 1. The second kappa shape index (κ2) is 8.94. The largest absolute Gasteiger partial charge is 0.399 e. The summed E-state index contributed by atoms with van der Waals surface area (Å²) in [6.07, 6.45) is 3.38. The summed E-state index contributed by atoms with van der Waals surface area (Å²) in [5, 5.41) is 10.6. The summed E-state index contributed by atoms with van der Waals surface area (Å²) in [4.78, 5) is 2.10. The first-order chi connectivity index (χ1) is 15.0. The molecule has 8 heteroatoms. The summed E-state index contributed by atoms with van der Waals surface area (Å²) in [5.74, 6) is 0. The van der Waals surface area contributed by atoms with Crippen LogP contribution in [-0.2, 0) is 21.1 Å². The average molecular weight is 437 g/mol. The third-order valence-electron chi connectivity index (χ3n) is 5.46. The van der Waals surface area contributed by atoms with Crippen LogP contribution < -0.4 is 5.73 Å². The lowest BCUT2D eigenvalue weighted by molar-refractivity contribution is 0.0365. The number of anilines is 1. The van der Waals surface area contributed by atoms with E-state index in [2.05, 4.69) is 9.47 Å². The quantitative estimate of drug-likeness (QED) is 0.471. The van der Waals surface area contributed by atoms with Gasteiger partial charge in [-0.1, -0.05) is 18.2 Å². The molecule has 1 fully saturated rings. The van der Waals surface area contributed by atoms with Crippen molar-refractivity contribution in [3.8, 4) is 6.07 Å². The normalized spacial score (nSPS) is 15.8. The van der Waals surface area contributed by atoms with Gasteiger partial charge in [0.05, 0.1) is 18.1 Å². The average Bonchev–Trinajstić information content (AvgIpc) is 3.14. The molecule has 0 bridgehead atoms. The minimum absolute atomic E-state index is 0.0468. The number of fused-ring (bicyclic) bond motifs is 1. The van der Waals surface area contributed by atoms with Crippen LogP contribution >= 0.6 is 0 Å². The van der Waals surface area contributed by atoms with Crippen LogP contribution in [0.5, 0.6) is 0 Å². The first-order valence-electron chi connectivity index (χ1n) is 10.1. The molecule has 2 heterocycles. The van der Waals surface area contributed by atoms with E-state index in [9.17, 15) is 13.7 Å². The van der Waals surface area contributed by atoms with Crippen molar-refractivity contribution in [3.05, 3.63) is 65.2 Å². The van der Waals surface area contributed by atoms with E-state index in [-0.39, 0.29) is 9.80 Å². The summed E-state index contributed by atoms with van der Waals surface area (Å²) >= 11 is 0. The van der Waals surface area contributed by atoms with Crippen LogP contribution in [0.15, 0.2) is 64.5 Å². The summed E-state index contributed by atoms with van der Waals surface area (Å²) < 4.78 is 33.5. The lowest BCUT2D eigenvalue weighted by Gasteiger charge is -2.26. The molecule has 3 aromatic rings. The maximum absolute atomic E-state index is 13.0. The molecule has 1 aliphatic heterocycles. The van der Waals surface area contributed by atoms with Gasteiger partial charge in [0.2, 0.25) is 9.84 Å². The predicted octanol–water partition coefficient (Wildman–Crippen LogP) is 2.89. The molecule has 160 valence electrons. The van der Waals surface area contributed by atoms with Gasteiger partial charge < -0.3 is 15.0 Å². The van der Waals surface area contributed by atoms with Gasteiger partial charge in [-0.2, -0.15) is 5.26 Å². The van der Waals surface area contributed by atoms with Gasteiger partial charge in [0, 0.05) is 54.5 Å². The Morgan fingerprint density at radius 3 is 2.52 bits per heavy atom. The van der Waals surface area contributed by atoms with Crippen molar-refractivity contribution >= 4 is 32.5 Å². The summed E-state index contributed by atoms with van der Waals surface area (Å²) in [7, 11) is -3.94. The molecule has 7 nitrogen and oxygen atoms in total. The van der Waals surface area contributed by atoms with E-state index in [1.54, 1.807) is 0 Å². The smallest absolute Gasteiger partial charge is 0.216 e. The van der Waals surface area contributed by atoms with Crippen LogP contribution in [0.2, 0.25) is 0 Å². The zero-order valence-electron chi connectivity index (χ0n) is 17.1. The monoisotopic (exact) mass is 436 g/mol. The molecule has 1 aliphatic rings. The van der Waals surface area contributed by atoms with E-state index in [4.69, 9.17) is 10.5 Å². The number of nitrogens with two attached hydrogens (primary N) is 1. The molecule has 2 N–H and O–H groups in total. The Balaban J connectivity index is 1.68. The number of morpholine rings is 1. The van der Waals surface area contributed by atoms with Gasteiger partial charge in [0.25, 0.3) is 0 Å². The van der Waals surface area contributed by atoms with Crippen LogP contribution in [-0.4, -0.2) is 50.7 Å². The van der Waals surface area contributed by atoms with Gasteiger partial charge >= 0.3 is 0 Å². The van der Waals surface area contributed by atoms with E-state index < -0.39 is 9.84 Å². The molecular weight excluding hydrogens is 412 g/mol. The first kappa shape index (κ1) is 21.1. The zero-order chi connectivity index (χ0) is 21.8. The number of benzene rings is 2. The van der Waals surface area contributed by atoms with Crippen LogP contribution in [0, 0.1) is 11.3 Å². The second-order valence-electron chi connectivity index (χ2n) is 7.44. The van der Waals surface area contributed by atoms with Crippen molar-refractivity contribution in [1.29, 1.82) is 5.26 Å². The van der Waals surface area contributed by atoms with Crippen molar-refractivity contribution in [2.75, 3.05) is 38.6 Å². The molecule has 4 rings (SSSR count). The molecule has 1 saturated heterocycles. The van der Waals surface area contributed by atoms with Gasteiger partial charge in [-0.15, -0.1) is 0 Å². The van der Waals surface area contributed by atoms with Gasteiger partial charge in [0.1, 0.15) is 11.0 Å². The maximum atomic E-state index is 13.0. The highest BCUT2D eigenvalue weighted by Crippen LogP contribution is 2.27. The number of nitrogens with zero attached hydrogens (tertiary/aromatic N) is 3. The van der Waals surface area contributed by atoms with E-state index in [1.165, 1.54) is 30.3 Å². The number of para-hydroxylation sites is 1. The minimum Gasteiger partial charge on any atom is -0.399 e. The summed E-state index contributed by atoms with van der Waals surface area (Å²) in [6.45, 7) is 4.94. The van der Waals surface area contributed by atoms with Gasteiger partial charge in [-0.3, -0.25) is 4.90 Å². The van der Waals surface area contributed by atoms with Crippen molar-refractivity contribution in [2.45, 2.75) is 11.4 Å². The lowest BCUT2D eigenvalue weighted by atomic mass is 10.1. The number of nitrogen functional groups attached to an aromatic ring is 1. The predicted molar refractivity (Wildman–Crippen MR) is 121 cm³/mol. The molecule has 0 radical (unpaired) electrons. The summed E-state index contributed by atoms with van der Waals surface area (Å²) in [5.41, 5.74) is 7.83. The fourth-order valence-electron chi connectivity index (χ4n) is 3.73. The highest BCUT2D eigenvalue weighted by Gasteiger charge is 2.22. The molecule has 0 unspecified atom stereocenters. The number of allylic oxidation sites excluding steroid dienone is 1. The first-order valence-corrected chi connectivity index (χ1v) is 11.6. The molecule has 0 amide bonds. The van der Waals surface area contributed by atoms with Crippen molar-refractivity contribution in [3.63, 3.8) is 0 Å². The molecule has 0 spiro atoms. The number of ether oxygens (including phenoxy) is 1. The molecule has 0 saturated carbocycles. The van der Waals surface area contributed by atoms with E-state index in [0.717, 1.165) is 50.3 Å². The summed E-state index contributed by atoms with van der Waals surface area (Å²) in [6, 6.07) is 15.5. The third kappa shape index (κ3) is 4.49. The Bertz CT molecular complexity index is 1250. The van der Waals surface area contributed by atoms with E-state index in [1.807, 2.05) is 36.5 Å². The lowest BCUT2D eigenvalue weighted by Crippen LogP contribution is -2.38. The van der Waals surface area contributed by atoms with Crippen molar-refractivity contribution < 1.29 is 13.2 Å². The molecule has 31 heavy (non-hydrogen) atoms. The fraction of sp³-hybridized carbons (Fsp3) is 0.261. The molecule has 0 atom stereocenters. The van der Waals surface area contributed by atoms with Crippen LogP contribution in [0.25, 0.3) is 17.0 Å². The third-order valence-corrected chi connectivity index (χ3v) is 7.14. The van der Waals surface area contributed by atoms with Gasteiger partial charge in [0.15, 0.2) is 0 Å². The number of aromatic nitrogens is 1. The second-order valence-corrected chi connectivity index (χ2v) is 9.36. The topological polar surface area (TPSA) is 101 Å². The highest BCUT2D eigenvalue weighted by molar-refractivity contribution is 7.95. The van der Waals surface area contributed by atoms with E-state index >= 15 is 0 Å². The van der Waals surface area contributed by atoms with Crippen molar-refractivity contribution in [2.24, 2.45) is 0 Å². The molecular formula is C23H24N4O3S. The number of sulfone groups is 1. The van der Waals surface area contributed by atoms with E-state index in [0.29, 0.717) is 11.3 Å². The standard InChI is InChI=1S/C23H24N4O3S/c24-16-21(31(28,29)20-7-5-19(25)6-8-20)15-18-17-27(23-4-2-1-3-22(18)23)10-9-26-11-13-30-14-12-26/h1-8,15,17H,9-14,25H2/b21-15+. The Kier molecular flexibility index (Phi) is 6.09. The van der Waals surface area contributed by atoms with Gasteiger partial charge in [-0.05, 0) is 36.4 Å². The molecule has 2 aromatic carbocycles. The SMILES string of the molecule is N#C/C(=C\c1cn(CCN2CCOCC2)c2ccccc12)S(=O)(=O)c1ccc(N)cc1. The van der Waals surface area contributed by atoms with Crippen LogP contribution in [0.3, 0.4) is 0 Å². The fourth-order valence-corrected chi connectivity index (χ4v) is 4.88. The molecule has 0 aliphatic carbocycles. The van der Waals surface area contributed by atoms with Crippen LogP contribution in [0.4, 0.5) is 5.69 Å². The number of hydrogen-bond donors (Lipinski definition) is 1. The Morgan fingerprint density at radius 1 is 1.10 bits per heavy atom.